The first-order chi connectivity index (χ1) is 9.19. The van der Waals surface area contributed by atoms with Crippen LogP contribution in [0.3, 0.4) is 0 Å². The average molecular weight is 259 g/mol. The SMILES string of the molecule is CNCc1cc(F)cc(OC(C)c2ccccc2)c1. The van der Waals surface area contributed by atoms with Crippen LogP contribution in [0, 0.1) is 5.82 Å². The van der Waals surface area contributed by atoms with Crippen molar-refractivity contribution in [3.63, 3.8) is 0 Å². The Morgan fingerprint density at radius 2 is 1.89 bits per heavy atom. The maximum atomic E-state index is 13.5. The van der Waals surface area contributed by atoms with Crippen molar-refractivity contribution in [2.45, 2.75) is 19.6 Å². The predicted molar refractivity (Wildman–Crippen MR) is 74.6 cm³/mol. The quantitative estimate of drug-likeness (QED) is 0.884. The van der Waals surface area contributed by atoms with Crippen molar-refractivity contribution in [2.75, 3.05) is 7.05 Å². The summed E-state index contributed by atoms with van der Waals surface area (Å²) in [6.45, 7) is 2.58. The summed E-state index contributed by atoms with van der Waals surface area (Å²) in [5.74, 6) is 0.282. The molecule has 0 saturated carbocycles. The molecule has 0 aliphatic carbocycles. The van der Waals surface area contributed by atoms with E-state index in [1.807, 2.05) is 50.4 Å². The number of hydrogen-bond donors (Lipinski definition) is 1. The van der Waals surface area contributed by atoms with Gasteiger partial charge in [0.2, 0.25) is 0 Å². The van der Waals surface area contributed by atoms with E-state index in [2.05, 4.69) is 5.32 Å². The van der Waals surface area contributed by atoms with Crippen molar-refractivity contribution < 1.29 is 9.13 Å². The summed E-state index contributed by atoms with van der Waals surface area (Å²) >= 11 is 0. The molecule has 0 radical (unpaired) electrons. The van der Waals surface area contributed by atoms with E-state index < -0.39 is 0 Å². The highest BCUT2D eigenvalue weighted by atomic mass is 19.1. The minimum absolute atomic E-state index is 0.106. The number of halogens is 1. The fraction of sp³-hybridized carbons (Fsp3) is 0.250. The maximum Gasteiger partial charge on any atom is 0.127 e. The normalized spacial score (nSPS) is 12.2. The van der Waals surface area contributed by atoms with Gasteiger partial charge in [-0.3, -0.25) is 0 Å². The van der Waals surface area contributed by atoms with Gasteiger partial charge in [-0.15, -0.1) is 0 Å². The molecule has 0 fully saturated rings. The van der Waals surface area contributed by atoms with Crippen LogP contribution in [0.2, 0.25) is 0 Å². The standard InChI is InChI=1S/C16H18FNO/c1-12(14-6-4-3-5-7-14)19-16-9-13(11-18-2)8-15(17)10-16/h3-10,12,18H,11H2,1-2H3. The zero-order valence-corrected chi connectivity index (χ0v) is 11.2. The van der Waals surface area contributed by atoms with Crippen molar-refractivity contribution >= 4 is 0 Å². The summed E-state index contributed by atoms with van der Waals surface area (Å²) in [5, 5.41) is 3.00. The number of nitrogens with one attached hydrogen (secondary N) is 1. The van der Waals surface area contributed by atoms with E-state index in [4.69, 9.17) is 4.74 Å². The third kappa shape index (κ3) is 3.80. The van der Waals surface area contributed by atoms with E-state index in [0.717, 1.165) is 11.1 Å². The number of ether oxygens (including phenoxy) is 1. The Hall–Kier alpha value is -1.87. The third-order valence-electron chi connectivity index (χ3n) is 2.89. The molecule has 0 aromatic heterocycles. The Balaban J connectivity index is 2.14. The molecule has 0 heterocycles. The van der Waals surface area contributed by atoms with Gasteiger partial charge in [-0.2, -0.15) is 0 Å². The summed E-state index contributed by atoms with van der Waals surface area (Å²) < 4.78 is 19.3. The number of rotatable bonds is 5. The second-order valence-corrected chi connectivity index (χ2v) is 4.50. The molecule has 1 unspecified atom stereocenters. The third-order valence-corrected chi connectivity index (χ3v) is 2.89. The number of benzene rings is 2. The first-order valence-corrected chi connectivity index (χ1v) is 6.34. The topological polar surface area (TPSA) is 21.3 Å². The molecule has 0 aliphatic heterocycles. The summed E-state index contributed by atoms with van der Waals surface area (Å²) in [7, 11) is 1.83. The van der Waals surface area contributed by atoms with Gasteiger partial charge >= 0.3 is 0 Å². The van der Waals surface area contributed by atoms with E-state index in [9.17, 15) is 4.39 Å². The molecule has 1 N–H and O–H groups in total. The van der Waals surface area contributed by atoms with Crippen LogP contribution in [0.1, 0.15) is 24.2 Å². The van der Waals surface area contributed by atoms with Gasteiger partial charge in [0.25, 0.3) is 0 Å². The van der Waals surface area contributed by atoms with Gasteiger partial charge in [0, 0.05) is 12.6 Å². The second-order valence-electron chi connectivity index (χ2n) is 4.50. The fourth-order valence-corrected chi connectivity index (χ4v) is 1.99. The van der Waals surface area contributed by atoms with Crippen molar-refractivity contribution in [3.05, 3.63) is 65.5 Å². The van der Waals surface area contributed by atoms with Crippen molar-refractivity contribution in [3.8, 4) is 5.75 Å². The zero-order valence-electron chi connectivity index (χ0n) is 11.2. The van der Waals surface area contributed by atoms with Crippen LogP contribution < -0.4 is 10.1 Å². The van der Waals surface area contributed by atoms with Gasteiger partial charge in [-0.05, 0) is 37.2 Å². The van der Waals surface area contributed by atoms with E-state index in [1.54, 1.807) is 0 Å². The molecule has 2 rings (SSSR count). The van der Waals surface area contributed by atoms with Gasteiger partial charge in [0.15, 0.2) is 0 Å². The van der Waals surface area contributed by atoms with Crippen molar-refractivity contribution in [1.29, 1.82) is 0 Å². The molecule has 0 bridgehead atoms. The highest BCUT2D eigenvalue weighted by molar-refractivity contribution is 5.30. The molecular weight excluding hydrogens is 241 g/mol. The monoisotopic (exact) mass is 259 g/mol. The summed E-state index contributed by atoms with van der Waals surface area (Å²) in [6, 6.07) is 14.7. The Bertz CT molecular complexity index is 528. The molecule has 1 atom stereocenters. The van der Waals surface area contributed by atoms with E-state index in [-0.39, 0.29) is 11.9 Å². The maximum absolute atomic E-state index is 13.5. The van der Waals surface area contributed by atoms with Gasteiger partial charge < -0.3 is 10.1 Å². The molecule has 2 aromatic rings. The summed E-state index contributed by atoms with van der Waals surface area (Å²) in [4.78, 5) is 0. The summed E-state index contributed by atoms with van der Waals surface area (Å²) in [5.41, 5.74) is 1.94. The first-order valence-electron chi connectivity index (χ1n) is 6.34. The van der Waals surface area contributed by atoms with Crippen LogP contribution in [0.25, 0.3) is 0 Å². The lowest BCUT2D eigenvalue weighted by atomic mass is 10.1. The molecule has 100 valence electrons. The first kappa shape index (κ1) is 13.6. The lowest BCUT2D eigenvalue weighted by Gasteiger charge is -2.16. The Kier molecular flexibility index (Phi) is 4.53. The highest BCUT2D eigenvalue weighted by Gasteiger charge is 2.08. The molecule has 0 amide bonds. The van der Waals surface area contributed by atoms with Gasteiger partial charge in [-0.25, -0.2) is 4.39 Å². The Morgan fingerprint density at radius 3 is 2.58 bits per heavy atom. The predicted octanol–water partition coefficient (Wildman–Crippen LogP) is 3.69. The van der Waals surface area contributed by atoms with Gasteiger partial charge in [0.1, 0.15) is 17.7 Å². The van der Waals surface area contributed by atoms with E-state index >= 15 is 0 Å². The second kappa shape index (κ2) is 6.34. The Morgan fingerprint density at radius 1 is 1.16 bits per heavy atom. The molecule has 19 heavy (non-hydrogen) atoms. The van der Waals surface area contributed by atoms with Crippen molar-refractivity contribution in [2.24, 2.45) is 0 Å². The molecule has 0 aliphatic rings. The lowest BCUT2D eigenvalue weighted by Crippen LogP contribution is -2.07. The van der Waals surface area contributed by atoms with Crippen LogP contribution in [0.4, 0.5) is 4.39 Å². The lowest BCUT2D eigenvalue weighted by molar-refractivity contribution is 0.225. The largest absolute Gasteiger partial charge is 0.486 e. The summed E-state index contributed by atoms with van der Waals surface area (Å²) in [6.07, 6.45) is -0.106. The van der Waals surface area contributed by atoms with E-state index in [1.165, 1.54) is 12.1 Å². The van der Waals surface area contributed by atoms with Crippen LogP contribution >= 0.6 is 0 Å². The van der Waals surface area contributed by atoms with E-state index in [0.29, 0.717) is 12.3 Å². The smallest absolute Gasteiger partial charge is 0.127 e. The van der Waals surface area contributed by atoms with Crippen LogP contribution in [-0.2, 0) is 6.54 Å². The molecule has 2 aromatic carbocycles. The molecule has 0 saturated heterocycles. The Labute approximate surface area is 113 Å². The average Bonchev–Trinajstić information content (AvgIpc) is 2.39. The minimum atomic E-state index is -0.275. The molecule has 2 nitrogen and oxygen atoms in total. The van der Waals surface area contributed by atoms with Crippen molar-refractivity contribution in [1.82, 2.24) is 5.32 Å². The molecule has 0 spiro atoms. The van der Waals surface area contributed by atoms with Gasteiger partial charge in [0.05, 0.1) is 0 Å². The highest BCUT2D eigenvalue weighted by Crippen LogP contribution is 2.23. The minimum Gasteiger partial charge on any atom is -0.486 e. The molecule has 3 heteroatoms. The van der Waals surface area contributed by atoms with Crippen LogP contribution in [0.15, 0.2) is 48.5 Å². The van der Waals surface area contributed by atoms with Crippen LogP contribution in [0.5, 0.6) is 5.75 Å². The fourth-order valence-electron chi connectivity index (χ4n) is 1.99. The van der Waals surface area contributed by atoms with Crippen LogP contribution in [-0.4, -0.2) is 7.05 Å². The van der Waals surface area contributed by atoms with Gasteiger partial charge in [-0.1, -0.05) is 30.3 Å². The zero-order chi connectivity index (χ0) is 13.7. The number of hydrogen-bond acceptors (Lipinski definition) is 2. The molecular formula is C16H18FNO.